The van der Waals surface area contributed by atoms with Crippen molar-refractivity contribution in [2.24, 2.45) is 0 Å². The molecule has 0 bridgehead atoms. The third kappa shape index (κ3) is 4.06. The summed E-state index contributed by atoms with van der Waals surface area (Å²) >= 11 is 1.43. The Morgan fingerprint density at radius 2 is 1.93 bits per heavy atom. The van der Waals surface area contributed by atoms with Gasteiger partial charge in [0.05, 0.1) is 18.4 Å². The van der Waals surface area contributed by atoms with Crippen LogP contribution in [0.15, 0.2) is 53.9 Å². The highest BCUT2D eigenvalue weighted by atomic mass is 32.1. The highest BCUT2D eigenvalue weighted by molar-refractivity contribution is 7.15. The standard InChI is InChI=1S/C21H17FN4O3S/c1-29-20(28)14-7-5-13(6-8-14)19(27)23-10-9-17-12-30-21-24-18(25-26(17)21)15-3-2-4-16(22)11-15/h2-8,11-12H,9-10H2,1H3,(H,23,27). The Hall–Kier alpha value is -3.59. The molecule has 0 aliphatic carbocycles. The molecule has 9 heteroatoms. The number of halogens is 1. The minimum atomic E-state index is -0.450. The van der Waals surface area contributed by atoms with Crippen LogP contribution in [-0.2, 0) is 11.2 Å². The maximum Gasteiger partial charge on any atom is 0.337 e. The number of amides is 1. The smallest absolute Gasteiger partial charge is 0.337 e. The Balaban J connectivity index is 1.40. The fraction of sp³-hybridized carbons (Fsp3) is 0.143. The van der Waals surface area contributed by atoms with E-state index in [0.717, 1.165) is 5.69 Å². The highest BCUT2D eigenvalue weighted by Gasteiger charge is 2.13. The molecule has 1 amide bonds. The Morgan fingerprint density at radius 1 is 1.17 bits per heavy atom. The first-order valence-electron chi connectivity index (χ1n) is 9.11. The number of benzene rings is 2. The van der Waals surface area contributed by atoms with Crippen molar-refractivity contribution in [1.82, 2.24) is 19.9 Å². The molecule has 0 saturated carbocycles. The molecule has 0 spiro atoms. The van der Waals surface area contributed by atoms with Crippen LogP contribution in [0, 0.1) is 5.82 Å². The van der Waals surface area contributed by atoms with E-state index < -0.39 is 5.97 Å². The minimum Gasteiger partial charge on any atom is -0.465 e. The third-order valence-corrected chi connectivity index (χ3v) is 5.33. The van der Waals surface area contributed by atoms with Gasteiger partial charge in [-0.25, -0.2) is 13.7 Å². The molecule has 0 aliphatic heterocycles. The lowest BCUT2D eigenvalue weighted by Crippen LogP contribution is -2.26. The molecule has 0 unspecified atom stereocenters. The number of aromatic nitrogens is 3. The molecule has 30 heavy (non-hydrogen) atoms. The lowest BCUT2D eigenvalue weighted by molar-refractivity contribution is 0.0600. The molecule has 0 fully saturated rings. The van der Waals surface area contributed by atoms with Crippen LogP contribution in [0.5, 0.6) is 0 Å². The van der Waals surface area contributed by atoms with Gasteiger partial charge >= 0.3 is 5.97 Å². The summed E-state index contributed by atoms with van der Waals surface area (Å²) in [4.78, 5) is 28.9. The van der Waals surface area contributed by atoms with Gasteiger partial charge in [-0.05, 0) is 36.4 Å². The Kier molecular flexibility index (Phi) is 5.53. The van der Waals surface area contributed by atoms with Crippen molar-refractivity contribution in [3.63, 3.8) is 0 Å². The second-order valence-corrected chi connectivity index (χ2v) is 7.28. The maximum atomic E-state index is 13.5. The second kappa shape index (κ2) is 8.42. The zero-order chi connectivity index (χ0) is 21.1. The van der Waals surface area contributed by atoms with E-state index in [1.807, 2.05) is 5.38 Å². The first-order valence-corrected chi connectivity index (χ1v) is 9.99. The van der Waals surface area contributed by atoms with Crippen molar-refractivity contribution in [1.29, 1.82) is 0 Å². The van der Waals surface area contributed by atoms with Crippen LogP contribution in [0.25, 0.3) is 16.3 Å². The first kappa shape index (κ1) is 19.7. The first-order chi connectivity index (χ1) is 14.5. The highest BCUT2D eigenvalue weighted by Crippen LogP contribution is 2.21. The summed E-state index contributed by atoms with van der Waals surface area (Å²) in [6, 6.07) is 12.4. The van der Waals surface area contributed by atoms with Crippen molar-refractivity contribution in [2.45, 2.75) is 6.42 Å². The van der Waals surface area contributed by atoms with Gasteiger partial charge in [-0.3, -0.25) is 4.79 Å². The van der Waals surface area contributed by atoms with Crippen LogP contribution in [-0.4, -0.2) is 40.1 Å². The van der Waals surface area contributed by atoms with Gasteiger partial charge in [-0.1, -0.05) is 12.1 Å². The molecule has 2 aromatic heterocycles. The van der Waals surface area contributed by atoms with E-state index in [-0.39, 0.29) is 11.7 Å². The SMILES string of the molecule is COC(=O)c1ccc(C(=O)NCCc2csc3nc(-c4cccc(F)c4)nn23)cc1. The average molecular weight is 424 g/mol. The van der Waals surface area contributed by atoms with E-state index in [9.17, 15) is 14.0 Å². The molecular formula is C21H17FN4O3S. The van der Waals surface area contributed by atoms with E-state index >= 15 is 0 Å². The summed E-state index contributed by atoms with van der Waals surface area (Å²) in [5.41, 5.74) is 2.34. The van der Waals surface area contributed by atoms with Crippen molar-refractivity contribution in [3.05, 3.63) is 76.5 Å². The largest absolute Gasteiger partial charge is 0.465 e. The number of nitrogens with zero attached hydrogens (tertiary/aromatic N) is 3. The Bertz CT molecular complexity index is 1220. The number of hydrogen-bond donors (Lipinski definition) is 1. The van der Waals surface area contributed by atoms with Crippen LogP contribution in [0.2, 0.25) is 0 Å². The molecule has 4 rings (SSSR count). The zero-order valence-electron chi connectivity index (χ0n) is 16.0. The fourth-order valence-electron chi connectivity index (χ4n) is 2.93. The number of rotatable bonds is 6. The van der Waals surface area contributed by atoms with Crippen LogP contribution in [0.4, 0.5) is 4.39 Å². The number of methoxy groups -OCH3 is 1. The van der Waals surface area contributed by atoms with Crippen molar-refractivity contribution in [3.8, 4) is 11.4 Å². The van der Waals surface area contributed by atoms with E-state index in [2.05, 4.69) is 20.1 Å². The van der Waals surface area contributed by atoms with Crippen molar-refractivity contribution >= 4 is 28.2 Å². The van der Waals surface area contributed by atoms with Crippen molar-refractivity contribution < 1.29 is 18.7 Å². The zero-order valence-corrected chi connectivity index (χ0v) is 16.8. The van der Waals surface area contributed by atoms with Crippen molar-refractivity contribution in [2.75, 3.05) is 13.7 Å². The van der Waals surface area contributed by atoms with Gasteiger partial charge < -0.3 is 10.1 Å². The van der Waals surface area contributed by atoms with E-state index in [0.29, 0.717) is 40.4 Å². The maximum absolute atomic E-state index is 13.5. The molecule has 4 aromatic rings. The number of fused-ring (bicyclic) bond motifs is 1. The molecule has 1 N–H and O–H groups in total. The van der Waals surface area contributed by atoms with E-state index in [1.165, 1.54) is 30.6 Å². The molecule has 2 heterocycles. The fourth-order valence-corrected chi connectivity index (χ4v) is 3.78. The number of esters is 1. The Morgan fingerprint density at radius 3 is 2.67 bits per heavy atom. The monoisotopic (exact) mass is 424 g/mol. The predicted molar refractivity (Wildman–Crippen MR) is 110 cm³/mol. The van der Waals surface area contributed by atoms with Crippen LogP contribution in [0.1, 0.15) is 26.4 Å². The summed E-state index contributed by atoms with van der Waals surface area (Å²) in [5.74, 6) is -0.573. The van der Waals surface area contributed by atoms with Gasteiger partial charge in [0.1, 0.15) is 5.82 Å². The number of carbonyl (C=O) groups is 2. The molecule has 0 radical (unpaired) electrons. The lowest BCUT2D eigenvalue weighted by atomic mass is 10.1. The molecule has 0 saturated heterocycles. The number of carbonyl (C=O) groups excluding carboxylic acids is 2. The minimum absolute atomic E-state index is 0.239. The summed E-state index contributed by atoms with van der Waals surface area (Å²) < 4.78 is 19.8. The molecule has 0 aliphatic rings. The van der Waals surface area contributed by atoms with Gasteiger partial charge in [-0.2, -0.15) is 4.98 Å². The van der Waals surface area contributed by atoms with Gasteiger partial charge in [0, 0.05) is 29.5 Å². The summed E-state index contributed by atoms with van der Waals surface area (Å²) in [6.07, 6.45) is 0.554. The predicted octanol–water partition coefficient (Wildman–Crippen LogP) is 3.36. The van der Waals surface area contributed by atoms with Gasteiger partial charge in [0.15, 0.2) is 5.82 Å². The summed E-state index contributed by atoms with van der Waals surface area (Å²) in [5, 5.41) is 9.25. The Labute approximate surface area is 175 Å². The lowest BCUT2D eigenvalue weighted by Gasteiger charge is -2.05. The normalized spacial score (nSPS) is 10.9. The van der Waals surface area contributed by atoms with Crippen LogP contribution in [0.3, 0.4) is 0 Å². The topological polar surface area (TPSA) is 85.6 Å². The van der Waals surface area contributed by atoms with E-state index in [1.54, 1.807) is 40.9 Å². The van der Waals surface area contributed by atoms with Crippen LogP contribution < -0.4 is 5.32 Å². The number of ether oxygens (including phenoxy) is 1. The van der Waals surface area contributed by atoms with Gasteiger partial charge in [0.2, 0.25) is 4.96 Å². The second-order valence-electron chi connectivity index (χ2n) is 6.44. The molecule has 7 nitrogen and oxygen atoms in total. The average Bonchev–Trinajstić information content (AvgIpc) is 3.35. The molecule has 2 aromatic carbocycles. The number of nitrogens with one attached hydrogen (secondary N) is 1. The van der Waals surface area contributed by atoms with Gasteiger partial charge in [0.25, 0.3) is 5.91 Å². The summed E-state index contributed by atoms with van der Waals surface area (Å²) in [7, 11) is 1.31. The third-order valence-electron chi connectivity index (χ3n) is 4.47. The molecule has 0 atom stereocenters. The quantitative estimate of drug-likeness (QED) is 0.480. The van der Waals surface area contributed by atoms with E-state index in [4.69, 9.17) is 0 Å². The molecular weight excluding hydrogens is 407 g/mol. The van der Waals surface area contributed by atoms with Crippen LogP contribution >= 0.6 is 11.3 Å². The number of thiazole rings is 1. The van der Waals surface area contributed by atoms with Gasteiger partial charge in [-0.15, -0.1) is 16.4 Å². The summed E-state index contributed by atoms with van der Waals surface area (Å²) in [6.45, 7) is 0.401. The molecule has 152 valence electrons. The number of hydrogen-bond acceptors (Lipinski definition) is 6.